The molecule has 1 aromatic carbocycles. The van der Waals surface area contributed by atoms with Gasteiger partial charge in [-0.2, -0.15) is 8.78 Å². The maximum absolute atomic E-state index is 12.2. The molecule has 0 aliphatic carbocycles. The minimum Gasteiger partial charge on any atom is -0.435 e. The Morgan fingerprint density at radius 2 is 2.15 bits per heavy atom. The number of nitrogens with zero attached hydrogens (tertiary/aromatic N) is 3. The molecule has 0 aliphatic rings. The summed E-state index contributed by atoms with van der Waals surface area (Å²) in [6.45, 7) is -1.38. The van der Waals surface area contributed by atoms with E-state index >= 15 is 0 Å². The van der Waals surface area contributed by atoms with Crippen molar-refractivity contribution < 1.29 is 13.5 Å². The number of guanidine groups is 1. The Morgan fingerprint density at radius 3 is 2.77 bits per heavy atom. The molecule has 26 heavy (non-hydrogen) atoms. The van der Waals surface area contributed by atoms with E-state index in [0.717, 1.165) is 34.6 Å². The van der Waals surface area contributed by atoms with Crippen molar-refractivity contribution in [1.82, 2.24) is 15.2 Å². The van der Waals surface area contributed by atoms with Crippen LogP contribution in [0, 0.1) is 0 Å². The first kappa shape index (κ1) is 20.4. The first-order chi connectivity index (χ1) is 12.6. The molecule has 9 heteroatoms. The van der Waals surface area contributed by atoms with E-state index in [2.05, 4.69) is 20.0 Å². The Labute approximate surface area is 160 Å². The lowest BCUT2D eigenvalue weighted by Crippen LogP contribution is -2.39. The van der Waals surface area contributed by atoms with E-state index in [0.29, 0.717) is 6.54 Å². The molecular weight excluding hydrogens is 378 g/mol. The molecule has 2 aromatic rings. The number of benzene rings is 1. The summed E-state index contributed by atoms with van der Waals surface area (Å²) in [5.41, 5.74) is 0.983. The van der Waals surface area contributed by atoms with Gasteiger partial charge in [0.2, 0.25) is 0 Å². The van der Waals surface area contributed by atoms with Gasteiger partial charge in [0.15, 0.2) is 5.96 Å². The molecule has 0 aliphatic heterocycles. The summed E-state index contributed by atoms with van der Waals surface area (Å²) in [5, 5.41) is 5.30. The second-order valence-electron chi connectivity index (χ2n) is 5.35. The van der Waals surface area contributed by atoms with Crippen LogP contribution < -0.4 is 10.1 Å². The van der Waals surface area contributed by atoms with Gasteiger partial charge in [0.25, 0.3) is 0 Å². The highest BCUT2D eigenvalue weighted by atomic mass is 32.2. The summed E-state index contributed by atoms with van der Waals surface area (Å²) in [6.07, 6.45) is 2.81. The molecule has 0 saturated carbocycles. The number of halogens is 2. The monoisotopic (exact) mass is 400 g/mol. The van der Waals surface area contributed by atoms with E-state index in [1.807, 2.05) is 23.5 Å². The molecule has 5 nitrogen and oxygen atoms in total. The van der Waals surface area contributed by atoms with Crippen LogP contribution in [0.4, 0.5) is 8.78 Å². The predicted molar refractivity (Wildman–Crippen MR) is 103 cm³/mol. The normalized spacial score (nSPS) is 11.7. The summed E-state index contributed by atoms with van der Waals surface area (Å²) >= 11 is 3.40. The molecule has 1 aromatic heterocycles. The zero-order valence-corrected chi connectivity index (χ0v) is 16.3. The first-order valence-electron chi connectivity index (χ1n) is 8.06. The van der Waals surface area contributed by atoms with Crippen molar-refractivity contribution in [2.45, 2.75) is 23.9 Å². The molecule has 0 fully saturated rings. The number of rotatable bonds is 9. The molecule has 142 valence electrons. The molecular formula is C17H22F2N4OS2. The number of thioether (sulfide) groups is 1. The molecule has 0 radical (unpaired) electrons. The van der Waals surface area contributed by atoms with Gasteiger partial charge < -0.3 is 15.0 Å². The second-order valence-corrected chi connectivity index (χ2v) is 7.59. The molecule has 0 amide bonds. The molecule has 1 heterocycles. The lowest BCUT2D eigenvalue weighted by molar-refractivity contribution is -0.0498. The Hall–Kier alpha value is -1.87. The molecule has 1 N–H and O–H groups in total. The molecule has 0 atom stereocenters. The lowest BCUT2D eigenvalue weighted by Gasteiger charge is -2.22. The van der Waals surface area contributed by atoms with Crippen molar-refractivity contribution in [3.8, 4) is 5.75 Å². The van der Waals surface area contributed by atoms with E-state index < -0.39 is 6.61 Å². The molecule has 0 unspecified atom stereocenters. The number of alkyl halides is 2. The highest BCUT2D eigenvalue weighted by Crippen LogP contribution is 2.20. The summed E-state index contributed by atoms with van der Waals surface area (Å²) in [4.78, 5) is 10.5. The Kier molecular flexibility index (Phi) is 8.63. The standard InChI is InChI=1S/C17H22F2N4OS2/c1-20-16(21-8-3-10-25-17-22-9-11-26-17)23(2)12-13-4-6-14(7-5-13)24-15(18)19/h4-7,9,11,15H,3,8,10,12H2,1-2H3,(H,20,21). The van der Waals surface area contributed by atoms with Crippen LogP contribution in [0.25, 0.3) is 0 Å². The molecule has 0 spiro atoms. The number of ether oxygens (including phenoxy) is 1. The van der Waals surface area contributed by atoms with Crippen LogP contribution in [0.5, 0.6) is 5.75 Å². The van der Waals surface area contributed by atoms with Crippen LogP contribution >= 0.6 is 23.1 Å². The maximum Gasteiger partial charge on any atom is 0.387 e. The van der Waals surface area contributed by atoms with Gasteiger partial charge in [-0.25, -0.2) is 4.98 Å². The highest BCUT2D eigenvalue weighted by Gasteiger charge is 2.08. The smallest absolute Gasteiger partial charge is 0.387 e. The van der Waals surface area contributed by atoms with Crippen molar-refractivity contribution in [2.75, 3.05) is 26.4 Å². The number of nitrogens with one attached hydrogen (secondary N) is 1. The number of hydrogen-bond donors (Lipinski definition) is 1. The van der Waals surface area contributed by atoms with Gasteiger partial charge in [-0.1, -0.05) is 23.9 Å². The number of aromatic nitrogens is 1. The van der Waals surface area contributed by atoms with Gasteiger partial charge in [-0.15, -0.1) is 11.3 Å². The second kappa shape index (κ2) is 11.0. The molecule has 0 saturated heterocycles. The van der Waals surface area contributed by atoms with Gasteiger partial charge in [0.1, 0.15) is 10.1 Å². The van der Waals surface area contributed by atoms with Crippen LogP contribution in [0.1, 0.15) is 12.0 Å². The van der Waals surface area contributed by atoms with Gasteiger partial charge in [0.05, 0.1) is 0 Å². The Bertz CT molecular complexity index is 666. The third-order valence-corrected chi connectivity index (χ3v) is 5.43. The Morgan fingerprint density at radius 1 is 1.38 bits per heavy atom. The summed E-state index contributed by atoms with van der Waals surface area (Å²) in [6, 6.07) is 6.63. The van der Waals surface area contributed by atoms with Crippen LogP contribution in [0.15, 0.2) is 45.2 Å². The van der Waals surface area contributed by atoms with Crippen molar-refractivity contribution in [1.29, 1.82) is 0 Å². The molecule has 2 rings (SSSR count). The third-order valence-electron chi connectivity index (χ3n) is 3.38. The van der Waals surface area contributed by atoms with Crippen molar-refractivity contribution >= 4 is 29.1 Å². The fourth-order valence-electron chi connectivity index (χ4n) is 2.22. The van der Waals surface area contributed by atoms with Gasteiger partial charge in [-0.05, 0) is 24.1 Å². The van der Waals surface area contributed by atoms with Crippen molar-refractivity contribution in [2.24, 2.45) is 4.99 Å². The minimum atomic E-state index is -2.81. The van der Waals surface area contributed by atoms with E-state index in [1.54, 1.807) is 54.4 Å². The number of hydrogen-bond acceptors (Lipinski definition) is 5. The maximum atomic E-state index is 12.2. The van der Waals surface area contributed by atoms with Gasteiger partial charge >= 0.3 is 6.61 Å². The molecule has 0 bridgehead atoms. The summed E-state index contributed by atoms with van der Waals surface area (Å²) in [5.74, 6) is 1.94. The average molecular weight is 401 g/mol. The van der Waals surface area contributed by atoms with Crippen LogP contribution in [-0.4, -0.2) is 48.8 Å². The fraction of sp³-hybridized carbons (Fsp3) is 0.412. The van der Waals surface area contributed by atoms with E-state index in [4.69, 9.17) is 0 Å². The zero-order valence-electron chi connectivity index (χ0n) is 14.7. The topological polar surface area (TPSA) is 49.8 Å². The SMILES string of the molecule is CN=C(NCCCSc1nccs1)N(C)Cc1ccc(OC(F)F)cc1. The zero-order chi connectivity index (χ0) is 18.8. The van der Waals surface area contributed by atoms with Crippen LogP contribution in [0.3, 0.4) is 0 Å². The van der Waals surface area contributed by atoms with Crippen LogP contribution in [0.2, 0.25) is 0 Å². The third kappa shape index (κ3) is 7.17. The average Bonchev–Trinajstić information content (AvgIpc) is 3.12. The largest absolute Gasteiger partial charge is 0.435 e. The number of thiazole rings is 1. The predicted octanol–water partition coefficient (Wildman–Crippen LogP) is 3.93. The summed E-state index contributed by atoms with van der Waals surface area (Å²) in [7, 11) is 3.67. The quantitative estimate of drug-likeness (QED) is 0.299. The van der Waals surface area contributed by atoms with E-state index in [-0.39, 0.29) is 5.75 Å². The van der Waals surface area contributed by atoms with Gasteiger partial charge in [-0.3, -0.25) is 4.99 Å². The first-order valence-corrected chi connectivity index (χ1v) is 9.93. The lowest BCUT2D eigenvalue weighted by atomic mass is 10.2. The van der Waals surface area contributed by atoms with E-state index in [9.17, 15) is 8.78 Å². The minimum absolute atomic E-state index is 0.159. The number of aliphatic imine (C=N–C) groups is 1. The van der Waals surface area contributed by atoms with Crippen LogP contribution in [-0.2, 0) is 6.54 Å². The highest BCUT2D eigenvalue weighted by molar-refractivity contribution is 8.00. The van der Waals surface area contributed by atoms with E-state index in [1.165, 1.54) is 0 Å². The summed E-state index contributed by atoms with van der Waals surface area (Å²) < 4.78 is 29.8. The Balaban J connectivity index is 1.72. The fourth-order valence-corrected chi connectivity index (χ4v) is 3.87. The van der Waals surface area contributed by atoms with Gasteiger partial charge in [0, 0.05) is 44.5 Å². The van der Waals surface area contributed by atoms with Crippen molar-refractivity contribution in [3.05, 3.63) is 41.4 Å². The van der Waals surface area contributed by atoms with Crippen molar-refractivity contribution in [3.63, 3.8) is 0 Å².